The predicted molar refractivity (Wildman–Crippen MR) is 278 cm³/mol. The molecule has 4 saturated carbocycles. The van der Waals surface area contributed by atoms with Crippen LogP contribution in [0.2, 0.25) is 0 Å². The van der Waals surface area contributed by atoms with E-state index in [0.29, 0.717) is 32.1 Å². The number of carboxylic acid groups (broad SMARTS) is 1. The monoisotopic (exact) mass is 1190 g/mol. The zero-order valence-corrected chi connectivity index (χ0v) is 48.3. The Bertz CT molecular complexity index is 2380. The summed E-state index contributed by atoms with van der Waals surface area (Å²) in [6, 6.07) is 0. The molecule has 0 bridgehead atoms. The Morgan fingerprint density at radius 1 is 0.542 bits per heavy atom. The number of ether oxygens (including phenoxy) is 10. The number of esters is 1. The van der Waals surface area contributed by atoms with Gasteiger partial charge >= 0.3 is 11.9 Å². The summed E-state index contributed by atoms with van der Waals surface area (Å²) in [5.41, 5.74) is -2.65. The number of carbonyl (C=O) groups is 2. The molecule has 83 heavy (non-hydrogen) atoms. The molecule has 9 fully saturated rings. The Balaban J connectivity index is 0.899. The quantitative estimate of drug-likeness (QED) is 0.0593. The van der Waals surface area contributed by atoms with Crippen LogP contribution in [0.15, 0.2) is 11.6 Å². The molecule has 14 N–H and O–H groups in total. The van der Waals surface area contributed by atoms with E-state index in [1.165, 1.54) is 6.92 Å². The summed E-state index contributed by atoms with van der Waals surface area (Å²) in [6.45, 7) is 15.3. The van der Waals surface area contributed by atoms with E-state index >= 15 is 4.79 Å². The SMILES string of the molecule is C[C@@H]1O[C@@H](O[C@H]2[C@H](OC(=O)[C@]34CCC(C)(C)C[C@H]3C3=CC[C@@H]5[C@@]6(C)CC[C@H](O[C@@H]7O[C@H](C(=O)O)[C@@H](O)[C@H](O)[C@H]7O)C(C)(C)[C@@H]6CC[C@@]5(C)[C@]3(C)C[C@H]4O)OC[C@H](O)[C@@H]2O)[C@H](O)[C@H](O[C@@H]2OC[C@@H](O)[C@H](O)[C@H]2O)[C@H]1O[C@@H]1OC[C@@H](O)[C@H](O)[C@H]1O. The molecule has 5 saturated heterocycles. The zero-order chi connectivity index (χ0) is 60.6. The second-order valence-electron chi connectivity index (χ2n) is 27.9. The highest BCUT2D eigenvalue weighted by Gasteiger charge is 2.72. The predicted octanol–water partition coefficient (Wildman–Crippen LogP) is -2.20. The number of hydrogen-bond donors (Lipinski definition) is 14. The number of aliphatic hydroxyl groups excluding tert-OH is 13. The fourth-order valence-electron chi connectivity index (χ4n) is 17.2. The summed E-state index contributed by atoms with van der Waals surface area (Å²) < 4.78 is 59.7. The Kier molecular flexibility index (Phi) is 17.7. The van der Waals surface area contributed by atoms with Crippen LogP contribution in [0.25, 0.3) is 0 Å². The van der Waals surface area contributed by atoms with Crippen LogP contribution in [-0.2, 0) is 57.0 Å². The molecule has 0 spiro atoms. The highest BCUT2D eigenvalue weighted by atomic mass is 16.8. The Labute approximate surface area is 481 Å². The van der Waals surface area contributed by atoms with Crippen molar-refractivity contribution in [2.45, 2.75) is 261 Å². The first kappa shape index (κ1) is 63.8. The molecular weight excluding hydrogens is 1100 g/mol. The first-order valence-electron chi connectivity index (χ1n) is 29.5. The lowest BCUT2D eigenvalue weighted by molar-refractivity contribution is -0.388. The van der Waals surface area contributed by atoms with Gasteiger partial charge in [0.1, 0.15) is 90.9 Å². The van der Waals surface area contributed by atoms with E-state index < -0.39 is 207 Å². The summed E-state index contributed by atoms with van der Waals surface area (Å²) in [5, 5.41) is 152. The number of rotatable bonds is 11. The maximum atomic E-state index is 15.5. The maximum absolute atomic E-state index is 15.5. The van der Waals surface area contributed by atoms with Crippen LogP contribution in [0.1, 0.15) is 113 Å². The average Bonchev–Trinajstić information content (AvgIpc) is 0.929. The number of aliphatic carboxylic acids is 1. The minimum atomic E-state index is -1.99. The third-order valence-corrected chi connectivity index (χ3v) is 22.3. The van der Waals surface area contributed by atoms with E-state index in [2.05, 4.69) is 54.5 Å². The lowest BCUT2D eigenvalue weighted by Crippen LogP contribution is -2.68. The largest absolute Gasteiger partial charge is 0.479 e. The molecule has 10 rings (SSSR count). The fraction of sp³-hybridized carbons (Fsp3) is 0.930. The maximum Gasteiger partial charge on any atom is 0.335 e. The van der Waals surface area contributed by atoms with Crippen molar-refractivity contribution in [1.82, 2.24) is 0 Å². The Morgan fingerprint density at radius 2 is 1.10 bits per heavy atom. The van der Waals surface area contributed by atoms with Crippen LogP contribution in [0.4, 0.5) is 0 Å². The molecule has 0 amide bonds. The minimum Gasteiger partial charge on any atom is -0.479 e. The molecule has 0 radical (unpaired) electrons. The summed E-state index contributed by atoms with van der Waals surface area (Å²) in [7, 11) is 0. The molecule has 0 aromatic carbocycles. The van der Waals surface area contributed by atoms with Gasteiger partial charge < -0.3 is 119 Å². The number of hydrogen-bond acceptors (Lipinski definition) is 25. The smallest absolute Gasteiger partial charge is 0.335 e. The van der Waals surface area contributed by atoms with E-state index in [1.807, 2.05) is 0 Å². The van der Waals surface area contributed by atoms with Gasteiger partial charge in [0.25, 0.3) is 0 Å². The summed E-state index contributed by atoms with van der Waals surface area (Å²) in [4.78, 5) is 27.5. The van der Waals surface area contributed by atoms with E-state index in [0.717, 1.165) is 18.4 Å². The van der Waals surface area contributed by atoms with Crippen molar-refractivity contribution in [3.05, 3.63) is 11.6 Å². The number of fused-ring (bicyclic) bond motifs is 7. The fourth-order valence-corrected chi connectivity index (χ4v) is 17.2. The van der Waals surface area contributed by atoms with E-state index in [-0.39, 0.29) is 35.5 Å². The van der Waals surface area contributed by atoms with Gasteiger partial charge in [-0.15, -0.1) is 0 Å². The third kappa shape index (κ3) is 10.6. The molecule has 10 aliphatic rings. The molecule has 5 heterocycles. The van der Waals surface area contributed by atoms with Gasteiger partial charge in [0.05, 0.1) is 38.1 Å². The van der Waals surface area contributed by atoms with Crippen molar-refractivity contribution < 1.29 is 128 Å². The minimum absolute atomic E-state index is 0.0583. The number of carbonyl (C=O) groups excluding carboxylic acids is 1. The highest BCUT2D eigenvalue weighted by molar-refractivity contribution is 5.80. The molecule has 5 aliphatic heterocycles. The Hall–Kier alpha value is -2.20. The van der Waals surface area contributed by atoms with Gasteiger partial charge in [-0.1, -0.05) is 60.1 Å². The lowest BCUT2D eigenvalue weighted by atomic mass is 9.33. The first-order valence-corrected chi connectivity index (χ1v) is 29.5. The van der Waals surface area contributed by atoms with Crippen molar-refractivity contribution in [2.75, 3.05) is 19.8 Å². The lowest BCUT2D eigenvalue weighted by Gasteiger charge is -2.71. The van der Waals surface area contributed by atoms with Crippen LogP contribution in [0.5, 0.6) is 0 Å². The van der Waals surface area contributed by atoms with Crippen molar-refractivity contribution in [2.24, 2.45) is 50.2 Å². The average molecular weight is 1190 g/mol. The first-order chi connectivity index (χ1) is 38.7. The third-order valence-electron chi connectivity index (χ3n) is 22.3. The van der Waals surface area contributed by atoms with Crippen LogP contribution in [-0.4, -0.2) is 251 Å². The molecule has 26 heteroatoms. The van der Waals surface area contributed by atoms with Crippen LogP contribution < -0.4 is 0 Å². The molecular formula is C57H90O26. The van der Waals surface area contributed by atoms with E-state index in [1.54, 1.807) is 0 Å². The molecule has 0 aromatic heterocycles. The molecule has 31 atom stereocenters. The number of aliphatic hydroxyl groups is 13. The molecule has 0 aromatic rings. The van der Waals surface area contributed by atoms with Gasteiger partial charge in [0.15, 0.2) is 37.4 Å². The standard InChI is InChI=1S/C57H90O26/c1-22-41(79-46-37(67)32(62)25(58)19-74-46)42(80-47-38(68)33(63)26(59)20-75-47)40(70)49(77-22)82-44-34(64)27(60)21-76-50(44)83-51(73)57-16-15-52(2,3)17-24(57)23-9-10-29-54(6)13-12-31(78-48-39(69)35(65)36(66)43(81-48)45(71)72)53(4,5)28(54)11-14-55(29,7)56(23,8)18-30(57)61/h9,22,24-44,46-50,58-70H,10-21H2,1-8H3,(H,71,72)/t22-,24-,25+,26+,27-,28-,29+,30+,31-,32-,33-,34-,35-,36-,37+,38+,39+,40+,41-,42-,43-,44+,46-,47-,48+,49-,50-,54-,55+,56+,57+/m0/s1. The molecule has 26 nitrogen and oxygen atoms in total. The highest BCUT2D eigenvalue weighted by Crippen LogP contribution is 2.76. The second kappa shape index (κ2) is 23.0. The summed E-state index contributed by atoms with van der Waals surface area (Å²) in [6.07, 6.45) is -32.0. The van der Waals surface area contributed by atoms with Gasteiger partial charge in [0.2, 0.25) is 6.29 Å². The van der Waals surface area contributed by atoms with Gasteiger partial charge in [-0.3, -0.25) is 4.79 Å². The molecule has 474 valence electrons. The molecule has 5 aliphatic carbocycles. The van der Waals surface area contributed by atoms with Gasteiger partial charge in [-0.25, -0.2) is 4.79 Å². The van der Waals surface area contributed by atoms with Gasteiger partial charge in [0, 0.05) is 0 Å². The Morgan fingerprint density at radius 3 is 1.71 bits per heavy atom. The van der Waals surface area contributed by atoms with E-state index in [9.17, 15) is 76.3 Å². The van der Waals surface area contributed by atoms with Crippen LogP contribution in [0, 0.1) is 50.2 Å². The van der Waals surface area contributed by atoms with Crippen molar-refractivity contribution in [3.63, 3.8) is 0 Å². The van der Waals surface area contributed by atoms with Crippen LogP contribution >= 0.6 is 0 Å². The normalized spacial score (nSPS) is 54.2. The van der Waals surface area contributed by atoms with Crippen molar-refractivity contribution in [3.8, 4) is 0 Å². The number of allylic oxidation sites excluding steroid dienone is 2. The topological polar surface area (TPSA) is 410 Å². The summed E-state index contributed by atoms with van der Waals surface area (Å²) in [5.74, 6) is -2.71. The van der Waals surface area contributed by atoms with E-state index in [4.69, 9.17) is 47.4 Å². The molecule has 0 unspecified atom stereocenters. The number of carboxylic acids is 1. The zero-order valence-electron chi connectivity index (χ0n) is 48.3. The van der Waals surface area contributed by atoms with Crippen LogP contribution in [0.3, 0.4) is 0 Å². The van der Waals surface area contributed by atoms with Gasteiger partial charge in [-0.2, -0.15) is 0 Å². The summed E-state index contributed by atoms with van der Waals surface area (Å²) >= 11 is 0. The second-order valence-corrected chi connectivity index (χ2v) is 27.9. The van der Waals surface area contributed by atoms with Gasteiger partial charge in [-0.05, 0) is 110 Å². The van der Waals surface area contributed by atoms with Crippen molar-refractivity contribution in [1.29, 1.82) is 0 Å². The van der Waals surface area contributed by atoms with Crippen molar-refractivity contribution >= 4 is 11.9 Å².